The molecule has 0 spiro atoms. The van der Waals surface area contributed by atoms with Gasteiger partial charge in [0.15, 0.2) is 0 Å². The van der Waals surface area contributed by atoms with E-state index < -0.39 is 0 Å². The first-order chi connectivity index (χ1) is 14.5. The Balaban J connectivity index is 1.15. The highest BCUT2D eigenvalue weighted by atomic mass is 16.2. The third-order valence-electron chi connectivity index (χ3n) is 7.25. The van der Waals surface area contributed by atoms with Crippen molar-refractivity contribution in [2.24, 2.45) is 23.2 Å². The van der Waals surface area contributed by atoms with Crippen LogP contribution in [0.1, 0.15) is 50.5 Å². The average Bonchev–Trinajstić information content (AvgIpc) is 3.23. The molecule has 2 aromatic rings. The predicted octanol–water partition coefficient (Wildman–Crippen LogP) is 2.63. The first kappa shape index (κ1) is 19.2. The highest BCUT2D eigenvalue weighted by Crippen LogP contribution is 2.60. The van der Waals surface area contributed by atoms with Crippen molar-refractivity contribution >= 4 is 17.5 Å². The molecular weight excluding hydrogens is 380 g/mol. The molecule has 0 aliphatic heterocycles. The molecule has 1 aromatic carbocycles. The van der Waals surface area contributed by atoms with Gasteiger partial charge in [0.2, 0.25) is 11.8 Å². The van der Waals surface area contributed by atoms with E-state index in [0.717, 1.165) is 48.3 Å². The van der Waals surface area contributed by atoms with E-state index in [0.29, 0.717) is 12.2 Å². The van der Waals surface area contributed by atoms with Gasteiger partial charge in [-0.25, -0.2) is 4.68 Å². The van der Waals surface area contributed by atoms with Gasteiger partial charge in [-0.15, -0.1) is 5.10 Å². The van der Waals surface area contributed by atoms with E-state index in [2.05, 4.69) is 26.2 Å². The molecule has 0 unspecified atom stereocenters. The minimum Gasteiger partial charge on any atom is -0.355 e. The lowest BCUT2D eigenvalue weighted by atomic mass is 9.49. The van der Waals surface area contributed by atoms with Crippen molar-refractivity contribution in [3.63, 3.8) is 0 Å². The zero-order valence-electron chi connectivity index (χ0n) is 17.3. The Morgan fingerprint density at radius 3 is 2.47 bits per heavy atom. The van der Waals surface area contributed by atoms with Gasteiger partial charge in [-0.05, 0) is 91.3 Å². The number of tetrazole rings is 1. The Bertz CT molecular complexity index is 919. The maximum Gasteiger partial charge on any atom is 0.226 e. The molecule has 1 aromatic heterocycles. The second kappa shape index (κ2) is 7.49. The van der Waals surface area contributed by atoms with Gasteiger partial charge in [-0.1, -0.05) is 6.07 Å². The van der Waals surface area contributed by atoms with Crippen LogP contribution in [0.4, 0.5) is 5.69 Å². The second-order valence-electron chi connectivity index (χ2n) is 9.51. The largest absolute Gasteiger partial charge is 0.355 e. The molecule has 4 fully saturated rings. The highest BCUT2D eigenvalue weighted by molar-refractivity contribution is 5.91. The molecule has 0 radical (unpaired) electrons. The quantitative estimate of drug-likeness (QED) is 0.765. The average molecular weight is 409 g/mol. The fourth-order valence-electron chi connectivity index (χ4n) is 6.29. The standard InChI is InChI=1S/C22H28N6O2/c1-14-2-3-18(9-19(14)28-13-24-26-27-28)25-20(29)4-5-23-21(30)22-10-15-6-16(11-22)8-17(7-15)12-22/h2-3,9,13,15-17H,4-8,10-12H2,1H3,(H,23,30)(H,25,29). The molecule has 0 atom stereocenters. The van der Waals surface area contributed by atoms with E-state index in [1.165, 1.54) is 25.6 Å². The van der Waals surface area contributed by atoms with Crippen LogP contribution in [0.5, 0.6) is 0 Å². The fourth-order valence-corrected chi connectivity index (χ4v) is 6.29. The maximum atomic E-state index is 13.0. The summed E-state index contributed by atoms with van der Waals surface area (Å²) in [4.78, 5) is 25.4. The topological polar surface area (TPSA) is 102 Å². The van der Waals surface area contributed by atoms with Crippen LogP contribution in [-0.2, 0) is 9.59 Å². The number of aryl methyl sites for hydroxylation is 1. The van der Waals surface area contributed by atoms with Crippen LogP contribution in [0, 0.1) is 30.1 Å². The molecule has 1 heterocycles. The van der Waals surface area contributed by atoms with Crippen LogP contribution in [0.15, 0.2) is 24.5 Å². The van der Waals surface area contributed by atoms with E-state index in [4.69, 9.17) is 0 Å². The van der Waals surface area contributed by atoms with Crippen LogP contribution in [-0.4, -0.2) is 38.6 Å². The Morgan fingerprint density at radius 1 is 1.13 bits per heavy atom. The number of anilines is 1. The van der Waals surface area contributed by atoms with Crippen molar-refractivity contribution < 1.29 is 9.59 Å². The summed E-state index contributed by atoms with van der Waals surface area (Å²) in [6.45, 7) is 2.33. The molecule has 2 N–H and O–H groups in total. The minimum atomic E-state index is -0.164. The molecule has 30 heavy (non-hydrogen) atoms. The molecule has 4 bridgehead atoms. The Kier molecular flexibility index (Phi) is 4.79. The van der Waals surface area contributed by atoms with Crippen molar-refractivity contribution in [1.29, 1.82) is 0 Å². The maximum absolute atomic E-state index is 13.0. The van der Waals surface area contributed by atoms with Crippen LogP contribution in [0.2, 0.25) is 0 Å². The molecule has 4 aliphatic carbocycles. The molecular formula is C22H28N6O2. The summed E-state index contributed by atoms with van der Waals surface area (Å²) in [5, 5.41) is 17.2. The predicted molar refractivity (Wildman–Crippen MR) is 111 cm³/mol. The van der Waals surface area contributed by atoms with E-state index in [9.17, 15) is 9.59 Å². The number of hydrogen-bond acceptors (Lipinski definition) is 5. The van der Waals surface area contributed by atoms with E-state index >= 15 is 0 Å². The summed E-state index contributed by atoms with van der Waals surface area (Å²) >= 11 is 0. The van der Waals surface area contributed by atoms with Crippen LogP contribution in [0.25, 0.3) is 5.69 Å². The van der Waals surface area contributed by atoms with Crippen molar-refractivity contribution in [2.75, 3.05) is 11.9 Å². The lowest BCUT2D eigenvalue weighted by molar-refractivity contribution is -0.146. The van der Waals surface area contributed by atoms with Gasteiger partial charge in [0, 0.05) is 24.1 Å². The molecule has 8 nitrogen and oxygen atoms in total. The number of benzene rings is 1. The minimum absolute atomic E-state index is 0.118. The molecule has 4 aliphatic rings. The van der Waals surface area contributed by atoms with Gasteiger partial charge in [0.25, 0.3) is 0 Å². The number of carbonyl (C=O) groups is 2. The third-order valence-corrected chi connectivity index (χ3v) is 7.25. The summed E-state index contributed by atoms with van der Waals surface area (Å²) in [7, 11) is 0. The lowest BCUT2D eigenvalue weighted by Crippen LogP contribution is -2.53. The number of hydrogen-bond donors (Lipinski definition) is 2. The SMILES string of the molecule is Cc1ccc(NC(=O)CCNC(=O)C23CC4CC(CC(C4)C2)C3)cc1-n1cnnn1. The lowest BCUT2D eigenvalue weighted by Gasteiger charge is -2.55. The van der Waals surface area contributed by atoms with Crippen LogP contribution >= 0.6 is 0 Å². The van der Waals surface area contributed by atoms with Gasteiger partial charge in [0.1, 0.15) is 6.33 Å². The monoisotopic (exact) mass is 408 g/mol. The van der Waals surface area contributed by atoms with E-state index in [1.807, 2.05) is 25.1 Å². The van der Waals surface area contributed by atoms with Crippen molar-refractivity contribution in [2.45, 2.75) is 51.9 Å². The first-order valence-corrected chi connectivity index (χ1v) is 10.9. The van der Waals surface area contributed by atoms with Crippen molar-refractivity contribution in [1.82, 2.24) is 25.5 Å². The van der Waals surface area contributed by atoms with Gasteiger partial charge < -0.3 is 10.6 Å². The zero-order chi connectivity index (χ0) is 20.7. The summed E-state index contributed by atoms with van der Waals surface area (Å²) < 4.78 is 1.57. The van der Waals surface area contributed by atoms with Gasteiger partial charge >= 0.3 is 0 Å². The van der Waals surface area contributed by atoms with E-state index in [1.54, 1.807) is 4.68 Å². The molecule has 8 heteroatoms. The molecule has 6 rings (SSSR count). The number of amides is 2. The Hall–Kier alpha value is -2.77. The summed E-state index contributed by atoms with van der Waals surface area (Å²) in [5.41, 5.74) is 2.34. The van der Waals surface area contributed by atoms with Gasteiger partial charge in [-0.3, -0.25) is 9.59 Å². The summed E-state index contributed by atoms with van der Waals surface area (Å²) in [6.07, 6.45) is 8.86. The molecule has 158 valence electrons. The normalized spacial score (nSPS) is 29.0. The number of aromatic nitrogens is 4. The second-order valence-corrected chi connectivity index (χ2v) is 9.51. The molecule has 2 amide bonds. The highest BCUT2D eigenvalue weighted by Gasteiger charge is 2.54. The third kappa shape index (κ3) is 3.59. The fraction of sp³-hybridized carbons (Fsp3) is 0.591. The van der Waals surface area contributed by atoms with Gasteiger partial charge in [0.05, 0.1) is 5.69 Å². The van der Waals surface area contributed by atoms with Crippen LogP contribution in [0.3, 0.4) is 0 Å². The van der Waals surface area contributed by atoms with E-state index in [-0.39, 0.29) is 23.7 Å². The molecule has 0 saturated heterocycles. The number of nitrogens with zero attached hydrogens (tertiary/aromatic N) is 4. The Labute approximate surface area is 175 Å². The van der Waals surface area contributed by atoms with Gasteiger partial charge in [-0.2, -0.15) is 0 Å². The Morgan fingerprint density at radius 2 is 1.83 bits per heavy atom. The number of carbonyl (C=O) groups excluding carboxylic acids is 2. The smallest absolute Gasteiger partial charge is 0.226 e. The van der Waals surface area contributed by atoms with Crippen LogP contribution < -0.4 is 10.6 Å². The molecule has 4 saturated carbocycles. The summed E-state index contributed by atoms with van der Waals surface area (Å²) in [6, 6.07) is 5.62. The first-order valence-electron chi connectivity index (χ1n) is 10.9. The van der Waals surface area contributed by atoms with Crippen molar-refractivity contribution in [3.05, 3.63) is 30.1 Å². The summed E-state index contributed by atoms with van der Waals surface area (Å²) in [5.74, 6) is 2.27. The number of nitrogens with one attached hydrogen (secondary N) is 2. The zero-order valence-corrected chi connectivity index (χ0v) is 17.3. The number of rotatable bonds is 6. The van der Waals surface area contributed by atoms with Crippen molar-refractivity contribution in [3.8, 4) is 5.69 Å².